The molecule has 1 aliphatic rings. The summed E-state index contributed by atoms with van der Waals surface area (Å²) in [5.74, 6) is 1.57. The summed E-state index contributed by atoms with van der Waals surface area (Å²) in [4.78, 5) is 9.32. The quantitative estimate of drug-likeness (QED) is 0.355. The Labute approximate surface area is 190 Å². The molecule has 1 fully saturated rings. The van der Waals surface area contributed by atoms with Crippen molar-refractivity contribution in [3.05, 3.63) is 35.9 Å². The van der Waals surface area contributed by atoms with Crippen LogP contribution in [0.3, 0.4) is 0 Å². The van der Waals surface area contributed by atoms with Gasteiger partial charge in [-0.2, -0.15) is 0 Å². The topological polar surface area (TPSA) is 47.9 Å². The number of nitrogens with zero attached hydrogens (tertiary/aromatic N) is 3. The molecule has 28 heavy (non-hydrogen) atoms. The molecule has 160 valence electrons. The van der Waals surface area contributed by atoms with Crippen molar-refractivity contribution in [2.75, 3.05) is 45.5 Å². The minimum atomic E-state index is -0.839. The molecule has 1 aromatic rings. The number of aliphatic imine (C=N–C) groups is 1. The van der Waals surface area contributed by atoms with Crippen LogP contribution in [0.2, 0.25) is 0 Å². The van der Waals surface area contributed by atoms with E-state index in [4.69, 9.17) is 0 Å². The van der Waals surface area contributed by atoms with Gasteiger partial charge in [0.2, 0.25) is 0 Å². The molecular formula is C21H37IN4OS. The molecule has 0 aromatic heterocycles. The van der Waals surface area contributed by atoms with Gasteiger partial charge in [0.1, 0.15) is 0 Å². The van der Waals surface area contributed by atoms with E-state index in [0.29, 0.717) is 18.3 Å². The maximum atomic E-state index is 12.2. The van der Waals surface area contributed by atoms with Crippen molar-refractivity contribution in [3.8, 4) is 0 Å². The lowest BCUT2D eigenvalue weighted by molar-refractivity contribution is 0.127. The van der Waals surface area contributed by atoms with E-state index in [9.17, 15) is 4.21 Å². The van der Waals surface area contributed by atoms with Crippen LogP contribution in [0, 0.1) is 0 Å². The number of guanidine groups is 1. The molecule has 2 atom stereocenters. The third-order valence-corrected chi connectivity index (χ3v) is 7.03. The van der Waals surface area contributed by atoms with Crippen LogP contribution in [-0.2, 0) is 10.8 Å². The van der Waals surface area contributed by atoms with E-state index in [1.165, 1.54) is 5.56 Å². The number of nitrogens with one attached hydrogen (secondary N) is 1. The third kappa shape index (κ3) is 7.30. The van der Waals surface area contributed by atoms with E-state index < -0.39 is 10.8 Å². The Bertz CT molecular complexity index is 625. The smallest absolute Gasteiger partial charge is 0.193 e. The minimum absolute atomic E-state index is 0. The summed E-state index contributed by atoms with van der Waals surface area (Å²) in [5, 5.41) is 3.40. The van der Waals surface area contributed by atoms with E-state index in [2.05, 4.69) is 57.4 Å². The van der Waals surface area contributed by atoms with Gasteiger partial charge in [0.25, 0.3) is 0 Å². The first kappa shape index (κ1) is 25.4. The Hall–Kier alpha value is -0.670. The zero-order valence-electron chi connectivity index (χ0n) is 18.0. The van der Waals surface area contributed by atoms with Gasteiger partial charge in [-0.05, 0) is 32.8 Å². The molecule has 0 saturated carbocycles. The first-order valence-corrected chi connectivity index (χ1v) is 11.3. The lowest BCUT2D eigenvalue weighted by Gasteiger charge is -2.40. The molecule has 2 rings (SSSR count). The molecule has 7 heteroatoms. The van der Waals surface area contributed by atoms with Crippen molar-refractivity contribution in [3.63, 3.8) is 0 Å². The summed E-state index contributed by atoms with van der Waals surface area (Å²) in [7, 11) is 0.988. The second-order valence-electron chi connectivity index (χ2n) is 7.99. The molecule has 1 aliphatic heterocycles. The summed E-state index contributed by atoms with van der Waals surface area (Å²) in [5.41, 5.74) is 1.40. The highest BCUT2D eigenvalue weighted by atomic mass is 127. The van der Waals surface area contributed by atoms with E-state index in [1.807, 2.05) is 27.8 Å². The molecule has 1 saturated heterocycles. The number of halogens is 1. The minimum Gasteiger partial charge on any atom is -0.355 e. The second kappa shape index (κ2) is 12.1. The molecule has 1 heterocycles. The number of rotatable bonds is 6. The normalized spacial score (nSPS) is 18.3. The predicted octanol–water partition coefficient (Wildman–Crippen LogP) is 3.50. The Morgan fingerprint density at radius 3 is 2.29 bits per heavy atom. The molecule has 0 bridgehead atoms. The van der Waals surface area contributed by atoms with Gasteiger partial charge < -0.3 is 10.2 Å². The average molecular weight is 521 g/mol. The van der Waals surface area contributed by atoms with Gasteiger partial charge in [0, 0.05) is 67.1 Å². The Morgan fingerprint density at radius 2 is 1.79 bits per heavy atom. The van der Waals surface area contributed by atoms with E-state index >= 15 is 0 Å². The molecule has 5 nitrogen and oxygen atoms in total. The Balaban J connectivity index is 0.00000392. The van der Waals surface area contributed by atoms with Crippen LogP contribution in [0.5, 0.6) is 0 Å². The molecule has 1 N–H and O–H groups in total. The summed E-state index contributed by atoms with van der Waals surface area (Å²) < 4.78 is 12.0. The van der Waals surface area contributed by atoms with E-state index in [1.54, 1.807) is 0 Å². The van der Waals surface area contributed by atoms with Crippen molar-refractivity contribution >= 4 is 40.7 Å². The number of hydrogen-bond acceptors (Lipinski definition) is 3. The Kier molecular flexibility index (Phi) is 11.0. The summed E-state index contributed by atoms with van der Waals surface area (Å²) >= 11 is 0. The monoisotopic (exact) mass is 520 g/mol. The van der Waals surface area contributed by atoms with Gasteiger partial charge in [-0.1, -0.05) is 37.3 Å². The van der Waals surface area contributed by atoms with Gasteiger partial charge >= 0.3 is 0 Å². The number of benzene rings is 1. The molecule has 0 aliphatic carbocycles. The van der Waals surface area contributed by atoms with Crippen molar-refractivity contribution in [1.29, 1.82) is 0 Å². The molecular weight excluding hydrogens is 483 g/mol. The average Bonchev–Trinajstić information content (AvgIpc) is 2.66. The van der Waals surface area contributed by atoms with Crippen molar-refractivity contribution in [1.82, 2.24) is 15.1 Å². The second-order valence-corrected chi connectivity index (χ2v) is 10.3. The van der Waals surface area contributed by atoms with Crippen molar-refractivity contribution in [2.45, 2.75) is 44.9 Å². The fourth-order valence-electron chi connectivity index (χ4n) is 3.52. The van der Waals surface area contributed by atoms with Crippen LogP contribution in [0.1, 0.15) is 45.7 Å². The van der Waals surface area contributed by atoms with Gasteiger partial charge in [-0.15, -0.1) is 24.0 Å². The highest BCUT2D eigenvalue weighted by molar-refractivity contribution is 14.0. The molecule has 1 aromatic carbocycles. The van der Waals surface area contributed by atoms with Crippen LogP contribution < -0.4 is 5.32 Å². The van der Waals surface area contributed by atoms with Crippen molar-refractivity contribution < 1.29 is 4.21 Å². The maximum Gasteiger partial charge on any atom is 0.193 e. The highest BCUT2D eigenvalue weighted by Crippen LogP contribution is 2.25. The molecule has 0 amide bonds. The SMILES string of the molecule is CCC(c1ccccc1)N1CCN(C(=NC)NCCS(=O)C(C)(C)C)CC1.I. The van der Waals surface area contributed by atoms with Gasteiger partial charge in [-0.3, -0.25) is 14.1 Å². The molecule has 0 radical (unpaired) electrons. The van der Waals surface area contributed by atoms with Crippen LogP contribution in [0.15, 0.2) is 35.3 Å². The van der Waals surface area contributed by atoms with E-state index in [-0.39, 0.29) is 28.7 Å². The van der Waals surface area contributed by atoms with Crippen molar-refractivity contribution in [2.24, 2.45) is 4.99 Å². The summed E-state index contributed by atoms with van der Waals surface area (Å²) in [6.07, 6.45) is 1.12. The summed E-state index contributed by atoms with van der Waals surface area (Å²) in [6.45, 7) is 13.0. The zero-order valence-corrected chi connectivity index (χ0v) is 21.1. The van der Waals surface area contributed by atoms with Gasteiger partial charge in [-0.25, -0.2) is 0 Å². The van der Waals surface area contributed by atoms with Gasteiger partial charge in [0.15, 0.2) is 5.96 Å². The third-order valence-electron chi connectivity index (χ3n) is 5.09. The van der Waals surface area contributed by atoms with Crippen LogP contribution in [0.4, 0.5) is 0 Å². The first-order chi connectivity index (χ1) is 12.9. The first-order valence-electron chi connectivity index (χ1n) is 10.00. The molecule has 2 unspecified atom stereocenters. The lowest BCUT2D eigenvalue weighted by atomic mass is 10.0. The fourth-order valence-corrected chi connectivity index (χ4v) is 4.42. The van der Waals surface area contributed by atoms with Crippen LogP contribution >= 0.6 is 24.0 Å². The maximum absolute atomic E-state index is 12.2. The summed E-state index contributed by atoms with van der Waals surface area (Å²) in [6, 6.07) is 11.3. The van der Waals surface area contributed by atoms with Crippen LogP contribution in [0.25, 0.3) is 0 Å². The highest BCUT2D eigenvalue weighted by Gasteiger charge is 2.25. The van der Waals surface area contributed by atoms with Gasteiger partial charge in [0.05, 0.1) is 0 Å². The predicted molar refractivity (Wildman–Crippen MR) is 132 cm³/mol. The standard InChI is InChI=1S/C21H36N4OS.HI/c1-6-19(18-10-8-7-9-11-18)24-13-15-25(16-14-24)20(22-5)23-12-17-27(26)21(2,3)4;/h7-11,19H,6,12-17H2,1-5H3,(H,22,23);1H. The number of hydrogen-bond donors (Lipinski definition) is 1. The lowest BCUT2D eigenvalue weighted by Crippen LogP contribution is -2.53. The van der Waals surface area contributed by atoms with E-state index in [0.717, 1.165) is 38.6 Å². The molecule has 0 spiro atoms. The largest absolute Gasteiger partial charge is 0.355 e. The fraction of sp³-hybridized carbons (Fsp3) is 0.667. The zero-order chi connectivity index (χ0) is 19.9. The number of piperazine rings is 1. The van der Waals surface area contributed by atoms with Crippen LogP contribution in [-0.4, -0.2) is 70.2 Å². The Morgan fingerprint density at radius 1 is 1.18 bits per heavy atom.